The van der Waals surface area contributed by atoms with Crippen LogP contribution in [0.5, 0.6) is 0 Å². The Labute approximate surface area is 179 Å². The number of nitrogens with zero attached hydrogens (tertiary/aromatic N) is 3. The lowest BCUT2D eigenvalue weighted by Gasteiger charge is -2.33. The molecule has 1 aromatic heterocycles. The second-order valence-corrected chi connectivity index (χ2v) is 8.29. The summed E-state index contributed by atoms with van der Waals surface area (Å²) in [6.07, 6.45) is 1.80. The average Bonchev–Trinajstić information content (AvgIpc) is 3.10. The van der Waals surface area contributed by atoms with Crippen molar-refractivity contribution in [1.82, 2.24) is 14.8 Å². The second kappa shape index (κ2) is 10.3. The molecule has 1 aliphatic heterocycles. The molecule has 0 aliphatic carbocycles. The Hall–Kier alpha value is -2.82. The van der Waals surface area contributed by atoms with Crippen molar-refractivity contribution in [2.24, 2.45) is 0 Å². The van der Waals surface area contributed by atoms with Crippen LogP contribution >= 0.6 is 11.3 Å². The van der Waals surface area contributed by atoms with E-state index < -0.39 is 0 Å². The van der Waals surface area contributed by atoms with Gasteiger partial charge in [0, 0.05) is 69.0 Å². The lowest BCUT2D eigenvalue weighted by atomic mass is 10.2. The van der Waals surface area contributed by atoms with E-state index in [1.165, 1.54) is 25.2 Å². The SMILES string of the molecule is CC(=O)Nc1ccc(NC(=O)CN2CCN(Cc3cnc(NC(C)=O)s3)CC2)cc1. The number of hydrogen-bond donors (Lipinski definition) is 3. The van der Waals surface area contributed by atoms with E-state index in [1.807, 2.05) is 0 Å². The van der Waals surface area contributed by atoms with E-state index in [-0.39, 0.29) is 17.7 Å². The predicted octanol–water partition coefficient (Wildman–Crippen LogP) is 1.82. The number of thiazole rings is 1. The van der Waals surface area contributed by atoms with Crippen LogP contribution in [0.2, 0.25) is 0 Å². The van der Waals surface area contributed by atoms with Gasteiger partial charge in [0.05, 0.1) is 6.54 Å². The fraction of sp³-hybridized carbons (Fsp3) is 0.400. The summed E-state index contributed by atoms with van der Waals surface area (Å²) in [7, 11) is 0. The van der Waals surface area contributed by atoms with Gasteiger partial charge < -0.3 is 16.0 Å². The molecule has 1 aromatic carbocycles. The summed E-state index contributed by atoms with van der Waals surface area (Å²) in [5.74, 6) is -0.306. The molecular formula is C20H26N6O3S. The van der Waals surface area contributed by atoms with Crippen molar-refractivity contribution in [2.75, 3.05) is 48.7 Å². The van der Waals surface area contributed by atoms with Crippen LogP contribution in [0, 0.1) is 0 Å². The van der Waals surface area contributed by atoms with E-state index in [1.54, 1.807) is 30.5 Å². The van der Waals surface area contributed by atoms with Crippen molar-refractivity contribution in [2.45, 2.75) is 20.4 Å². The molecule has 3 N–H and O–H groups in total. The minimum absolute atomic E-state index is 0.0573. The van der Waals surface area contributed by atoms with Gasteiger partial charge in [0.1, 0.15) is 0 Å². The maximum atomic E-state index is 12.3. The molecule has 0 atom stereocenters. The maximum Gasteiger partial charge on any atom is 0.238 e. The Morgan fingerprint density at radius 1 is 0.900 bits per heavy atom. The van der Waals surface area contributed by atoms with Crippen LogP contribution in [-0.4, -0.2) is 65.2 Å². The zero-order chi connectivity index (χ0) is 21.5. The van der Waals surface area contributed by atoms with Crippen LogP contribution in [0.4, 0.5) is 16.5 Å². The molecule has 1 saturated heterocycles. The van der Waals surface area contributed by atoms with E-state index >= 15 is 0 Å². The summed E-state index contributed by atoms with van der Waals surface area (Å²) in [4.78, 5) is 44.2. The zero-order valence-electron chi connectivity index (χ0n) is 17.1. The molecule has 30 heavy (non-hydrogen) atoms. The first-order chi connectivity index (χ1) is 14.4. The van der Waals surface area contributed by atoms with Crippen LogP contribution in [0.3, 0.4) is 0 Å². The van der Waals surface area contributed by atoms with Crippen molar-refractivity contribution >= 4 is 45.6 Å². The minimum atomic E-state index is -0.130. The Morgan fingerprint density at radius 3 is 2.07 bits per heavy atom. The average molecular weight is 431 g/mol. The predicted molar refractivity (Wildman–Crippen MR) is 118 cm³/mol. The Morgan fingerprint density at radius 2 is 1.47 bits per heavy atom. The number of carbonyl (C=O) groups is 3. The summed E-state index contributed by atoms with van der Waals surface area (Å²) in [6.45, 7) is 7.41. The van der Waals surface area contributed by atoms with Gasteiger partial charge in [-0.05, 0) is 24.3 Å². The minimum Gasteiger partial charge on any atom is -0.326 e. The molecule has 1 fully saturated rings. The molecule has 2 heterocycles. The number of hydrogen-bond acceptors (Lipinski definition) is 7. The van der Waals surface area contributed by atoms with Gasteiger partial charge >= 0.3 is 0 Å². The van der Waals surface area contributed by atoms with Gasteiger partial charge in [0.15, 0.2) is 5.13 Å². The van der Waals surface area contributed by atoms with Gasteiger partial charge in [-0.1, -0.05) is 0 Å². The summed E-state index contributed by atoms with van der Waals surface area (Å²) in [5.41, 5.74) is 1.40. The lowest BCUT2D eigenvalue weighted by Crippen LogP contribution is -2.48. The Balaban J connectivity index is 1.39. The highest BCUT2D eigenvalue weighted by Gasteiger charge is 2.20. The van der Waals surface area contributed by atoms with Crippen molar-refractivity contribution in [1.29, 1.82) is 0 Å². The number of rotatable bonds is 7. The Bertz CT molecular complexity index is 890. The van der Waals surface area contributed by atoms with Gasteiger partial charge in [-0.3, -0.25) is 24.2 Å². The van der Waals surface area contributed by atoms with Crippen molar-refractivity contribution < 1.29 is 14.4 Å². The second-order valence-electron chi connectivity index (χ2n) is 7.17. The molecule has 0 saturated carbocycles. The van der Waals surface area contributed by atoms with Crippen molar-refractivity contribution in [3.05, 3.63) is 35.3 Å². The molecule has 10 heteroatoms. The van der Waals surface area contributed by atoms with E-state index in [0.29, 0.717) is 23.1 Å². The number of carbonyl (C=O) groups excluding carboxylic acids is 3. The van der Waals surface area contributed by atoms with Gasteiger partial charge in [-0.15, -0.1) is 11.3 Å². The van der Waals surface area contributed by atoms with Crippen molar-refractivity contribution in [3.8, 4) is 0 Å². The molecule has 3 rings (SSSR count). The third kappa shape index (κ3) is 6.90. The standard InChI is InChI=1S/C20H26N6O3S/c1-14(27)22-16-3-5-17(6-4-16)24-19(29)13-26-9-7-25(8-10-26)12-18-11-21-20(30-18)23-15(2)28/h3-6,11H,7-10,12-13H2,1-2H3,(H,22,27)(H,24,29)(H,21,23,28). The van der Waals surface area contributed by atoms with Gasteiger partial charge in [0.25, 0.3) is 0 Å². The van der Waals surface area contributed by atoms with E-state index in [2.05, 4.69) is 30.7 Å². The topological polar surface area (TPSA) is 107 Å². The highest BCUT2D eigenvalue weighted by atomic mass is 32.1. The first-order valence-corrected chi connectivity index (χ1v) is 10.5. The summed E-state index contributed by atoms with van der Waals surface area (Å²) < 4.78 is 0. The summed E-state index contributed by atoms with van der Waals surface area (Å²) in [6, 6.07) is 7.05. The molecule has 3 amide bonds. The third-order valence-corrected chi connectivity index (χ3v) is 5.43. The molecule has 0 spiro atoms. The quantitative estimate of drug-likeness (QED) is 0.619. The number of piperazine rings is 1. The number of aromatic nitrogens is 1. The summed E-state index contributed by atoms with van der Waals surface area (Å²) in [5, 5.41) is 8.91. The first kappa shape index (κ1) is 21.9. The number of nitrogens with one attached hydrogen (secondary N) is 3. The van der Waals surface area contributed by atoms with Crippen LogP contribution in [0.15, 0.2) is 30.5 Å². The van der Waals surface area contributed by atoms with Crippen LogP contribution < -0.4 is 16.0 Å². The zero-order valence-corrected chi connectivity index (χ0v) is 17.9. The molecule has 0 bridgehead atoms. The normalized spacial score (nSPS) is 14.9. The molecule has 160 valence electrons. The molecular weight excluding hydrogens is 404 g/mol. The molecule has 0 radical (unpaired) electrons. The number of amides is 3. The molecule has 0 unspecified atom stereocenters. The first-order valence-electron chi connectivity index (χ1n) is 9.72. The van der Waals surface area contributed by atoms with Gasteiger partial charge in [0.2, 0.25) is 17.7 Å². The van der Waals surface area contributed by atoms with Gasteiger partial charge in [-0.2, -0.15) is 0 Å². The van der Waals surface area contributed by atoms with Gasteiger partial charge in [-0.25, -0.2) is 4.98 Å². The number of anilines is 3. The fourth-order valence-electron chi connectivity index (χ4n) is 3.16. The smallest absolute Gasteiger partial charge is 0.238 e. The van der Waals surface area contributed by atoms with Crippen LogP contribution in [0.1, 0.15) is 18.7 Å². The highest BCUT2D eigenvalue weighted by molar-refractivity contribution is 7.15. The van der Waals surface area contributed by atoms with Crippen LogP contribution in [0.25, 0.3) is 0 Å². The largest absolute Gasteiger partial charge is 0.326 e. The number of benzene rings is 1. The fourth-order valence-corrected chi connectivity index (χ4v) is 4.06. The maximum absolute atomic E-state index is 12.3. The van der Waals surface area contributed by atoms with Crippen molar-refractivity contribution in [3.63, 3.8) is 0 Å². The molecule has 1 aliphatic rings. The molecule has 2 aromatic rings. The lowest BCUT2D eigenvalue weighted by molar-refractivity contribution is -0.118. The summed E-state index contributed by atoms with van der Waals surface area (Å²) >= 11 is 1.49. The highest BCUT2D eigenvalue weighted by Crippen LogP contribution is 2.20. The van der Waals surface area contributed by atoms with Crippen LogP contribution in [-0.2, 0) is 20.9 Å². The van der Waals surface area contributed by atoms with E-state index in [0.717, 1.165) is 37.6 Å². The van der Waals surface area contributed by atoms with E-state index in [9.17, 15) is 14.4 Å². The molecule has 9 nitrogen and oxygen atoms in total. The third-order valence-electron chi connectivity index (χ3n) is 4.54. The van der Waals surface area contributed by atoms with E-state index in [4.69, 9.17) is 0 Å². The monoisotopic (exact) mass is 430 g/mol. The Kier molecular flexibility index (Phi) is 7.50.